The van der Waals surface area contributed by atoms with Crippen molar-refractivity contribution in [3.8, 4) is 0 Å². The Kier molecular flexibility index (Phi) is 3.57. The molecule has 0 saturated carbocycles. The fourth-order valence-electron chi connectivity index (χ4n) is 2.22. The molecule has 3 heterocycles. The van der Waals surface area contributed by atoms with Crippen LogP contribution < -0.4 is 11.2 Å². The number of aliphatic hydroxyl groups is 1. The van der Waals surface area contributed by atoms with Crippen LogP contribution in [0.2, 0.25) is 5.02 Å². The molecule has 0 amide bonds. The van der Waals surface area contributed by atoms with Crippen molar-refractivity contribution in [2.24, 2.45) is 0 Å². The van der Waals surface area contributed by atoms with Crippen molar-refractivity contribution < 1.29 is 28.3 Å². The average Bonchev–Trinajstić information content (AvgIpc) is 2.70. The molecule has 21 heavy (non-hydrogen) atoms. The van der Waals surface area contributed by atoms with Crippen molar-refractivity contribution in [3.63, 3.8) is 0 Å². The highest BCUT2D eigenvalue weighted by Crippen LogP contribution is 2.52. The Balaban J connectivity index is 1.95. The van der Waals surface area contributed by atoms with Crippen molar-refractivity contribution in [2.45, 2.75) is 24.5 Å². The topological polar surface area (TPSA) is 140 Å². The summed E-state index contributed by atoms with van der Waals surface area (Å²) in [7, 11) is -4.25. The maximum atomic E-state index is 11.7. The number of nitrogens with one attached hydrogen (secondary N) is 1. The first-order valence-corrected chi connectivity index (χ1v) is 7.66. The highest BCUT2D eigenvalue weighted by molar-refractivity contribution is 7.47. The van der Waals surface area contributed by atoms with Crippen LogP contribution in [-0.2, 0) is 18.3 Å². The number of hydrogen-bond donors (Lipinski definition) is 3. The Morgan fingerprint density at radius 2 is 2.19 bits per heavy atom. The number of hydrogen-bond acceptors (Lipinski definition) is 7. The van der Waals surface area contributed by atoms with Gasteiger partial charge in [-0.05, 0) is 0 Å². The zero-order chi connectivity index (χ0) is 15.4. The maximum absolute atomic E-state index is 11.7. The fraction of sp³-hybridized carbons (Fsp3) is 0.556. The van der Waals surface area contributed by atoms with Crippen LogP contribution in [-0.4, -0.2) is 44.5 Å². The number of H-pyrrole nitrogens is 1. The largest absolute Gasteiger partial charge is 0.472 e. The van der Waals surface area contributed by atoms with Crippen LogP contribution in [0.4, 0.5) is 0 Å². The van der Waals surface area contributed by atoms with Crippen LogP contribution in [0, 0.1) is 0 Å². The molecule has 3 unspecified atom stereocenters. The molecule has 2 aliphatic rings. The van der Waals surface area contributed by atoms with Crippen molar-refractivity contribution in [2.75, 3.05) is 6.61 Å². The van der Waals surface area contributed by atoms with Gasteiger partial charge in [0.1, 0.15) is 23.3 Å². The van der Waals surface area contributed by atoms with Gasteiger partial charge in [-0.25, -0.2) is 9.36 Å². The van der Waals surface area contributed by atoms with E-state index in [1.54, 1.807) is 0 Å². The van der Waals surface area contributed by atoms with E-state index in [9.17, 15) is 24.2 Å². The van der Waals surface area contributed by atoms with E-state index in [4.69, 9.17) is 20.9 Å². The lowest BCUT2D eigenvalue weighted by atomic mass is 10.1. The van der Waals surface area contributed by atoms with E-state index >= 15 is 0 Å². The second-order valence-corrected chi connectivity index (χ2v) is 6.35. The number of fused-ring (bicyclic) bond motifs is 1. The lowest BCUT2D eigenvalue weighted by Crippen LogP contribution is -2.40. The van der Waals surface area contributed by atoms with E-state index in [0.717, 1.165) is 10.8 Å². The predicted molar refractivity (Wildman–Crippen MR) is 66.9 cm³/mol. The quantitative estimate of drug-likeness (QED) is 0.551. The Morgan fingerprint density at radius 3 is 2.90 bits per heavy atom. The molecule has 0 aromatic carbocycles. The van der Waals surface area contributed by atoms with E-state index in [1.807, 2.05) is 4.98 Å². The first-order valence-electron chi connectivity index (χ1n) is 5.79. The van der Waals surface area contributed by atoms with Crippen LogP contribution in [0.3, 0.4) is 0 Å². The third kappa shape index (κ3) is 2.59. The normalized spacial score (nSPS) is 39.2. The molecule has 12 heteroatoms. The first-order chi connectivity index (χ1) is 9.78. The Hall–Kier alpha value is -1.00. The number of aromatic amines is 1. The first kappa shape index (κ1) is 14.9. The number of rotatable bonds is 1. The molecule has 0 spiro atoms. The second kappa shape index (κ2) is 5.03. The molecular weight excluding hydrogens is 331 g/mol. The number of phosphoric acid groups is 1. The molecule has 116 valence electrons. The van der Waals surface area contributed by atoms with Gasteiger partial charge in [0.25, 0.3) is 5.56 Å². The predicted octanol–water partition coefficient (Wildman–Crippen LogP) is -1.04. The summed E-state index contributed by atoms with van der Waals surface area (Å²) in [5.74, 6) is 0. The van der Waals surface area contributed by atoms with E-state index < -0.39 is 43.6 Å². The van der Waals surface area contributed by atoms with Gasteiger partial charge in [-0.15, -0.1) is 0 Å². The average molecular weight is 341 g/mol. The molecule has 0 radical (unpaired) electrons. The molecule has 2 fully saturated rings. The number of phosphoric ester groups is 1. The lowest BCUT2D eigenvalue weighted by Gasteiger charge is -2.27. The standard InChI is InChI=1S/C9H10ClN2O8P/c10-3-1-12(9(15)11-7(3)14)8-5(13)6-4(19-8)2-18-21(16,17)20-6/h1,4-6,8,13H,2H2,(H,16,17)(H,11,14,15)/t4?,5-,6?,8-/m1/s1. The number of halogens is 1. The van der Waals surface area contributed by atoms with Crippen molar-refractivity contribution in [1.29, 1.82) is 0 Å². The van der Waals surface area contributed by atoms with Gasteiger partial charge in [0, 0.05) is 6.20 Å². The molecule has 10 nitrogen and oxygen atoms in total. The number of aromatic nitrogens is 2. The summed E-state index contributed by atoms with van der Waals surface area (Å²) in [5.41, 5.74) is -1.62. The molecule has 2 saturated heterocycles. The monoisotopic (exact) mass is 340 g/mol. The summed E-state index contributed by atoms with van der Waals surface area (Å²) in [6, 6.07) is 0. The smallest absolute Gasteiger partial charge is 0.386 e. The minimum Gasteiger partial charge on any atom is -0.386 e. The number of nitrogens with zero attached hydrogens (tertiary/aromatic N) is 1. The molecule has 0 aliphatic carbocycles. The minimum atomic E-state index is -4.25. The summed E-state index contributed by atoms with van der Waals surface area (Å²) in [4.78, 5) is 34.1. The molecule has 3 rings (SSSR count). The van der Waals surface area contributed by atoms with Gasteiger partial charge in [0.05, 0.1) is 6.61 Å². The van der Waals surface area contributed by atoms with Gasteiger partial charge in [0.15, 0.2) is 6.23 Å². The van der Waals surface area contributed by atoms with Crippen molar-refractivity contribution in [3.05, 3.63) is 32.1 Å². The van der Waals surface area contributed by atoms with E-state index in [0.29, 0.717) is 0 Å². The van der Waals surface area contributed by atoms with Gasteiger partial charge < -0.3 is 14.7 Å². The van der Waals surface area contributed by atoms with Crippen LogP contribution >= 0.6 is 19.4 Å². The highest BCUT2D eigenvalue weighted by Gasteiger charge is 2.52. The number of ether oxygens (including phenoxy) is 1. The van der Waals surface area contributed by atoms with Gasteiger partial charge in [-0.1, -0.05) is 11.6 Å². The molecule has 0 bridgehead atoms. The molecular formula is C9H10ClN2O8P. The molecule has 1 aromatic rings. The van der Waals surface area contributed by atoms with Gasteiger partial charge in [0.2, 0.25) is 0 Å². The molecule has 5 atom stereocenters. The second-order valence-electron chi connectivity index (χ2n) is 4.53. The minimum absolute atomic E-state index is 0.273. The Morgan fingerprint density at radius 1 is 1.48 bits per heavy atom. The van der Waals surface area contributed by atoms with Crippen molar-refractivity contribution >= 4 is 19.4 Å². The Labute approximate surface area is 121 Å². The van der Waals surface area contributed by atoms with E-state index in [-0.39, 0.29) is 11.6 Å². The molecule has 1 aromatic heterocycles. The zero-order valence-electron chi connectivity index (χ0n) is 10.2. The summed E-state index contributed by atoms with van der Waals surface area (Å²) < 4.78 is 26.9. The molecule has 3 N–H and O–H groups in total. The Bertz CT molecular complexity index is 731. The lowest BCUT2D eigenvalue weighted by molar-refractivity contribution is -0.0685. The third-order valence-corrected chi connectivity index (χ3v) is 4.42. The van der Waals surface area contributed by atoms with Crippen molar-refractivity contribution in [1.82, 2.24) is 9.55 Å². The van der Waals surface area contributed by atoms with Crippen LogP contribution in [0.1, 0.15) is 6.23 Å². The summed E-state index contributed by atoms with van der Waals surface area (Å²) in [6.07, 6.45) is -3.62. The van der Waals surface area contributed by atoms with E-state index in [1.165, 1.54) is 0 Å². The molecule has 2 aliphatic heterocycles. The number of aliphatic hydroxyl groups excluding tert-OH is 1. The van der Waals surface area contributed by atoms with Gasteiger partial charge in [-0.3, -0.25) is 23.4 Å². The van der Waals surface area contributed by atoms with Crippen LogP contribution in [0.15, 0.2) is 15.8 Å². The summed E-state index contributed by atoms with van der Waals surface area (Å²) >= 11 is 5.63. The van der Waals surface area contributed by atoms with Crippen LogP contribution in [0.5, 0.6) is 0 Å². The van der Waals surface area contributed by atoms with Gasteiger partial charge >= 0.3 is 13.5 Å². The summed E-state index contributed by atoms with van der Waals surface area (Å²) in [5, 5.41) is 9.85. The van der Waals surface area contributed by atoms with Gasteiger partial charge in [-0.2, -0.15) is 0 Å². The van der Waals surface area contributed by atoms with E-state index in [2.05, 4.69) is 4.52 Å². The highest BCUT2D eigenvalue weighted by atomic mass is 35.5. The summed E-state index contributed by atoms with van der Waals surface area (Å²) in [6.45, 7) is -0.280. The SMILES string of the molecule is O=c1[nH]c(=O)n([C@@H]2OC3COP(=O)(O)OC3[C@H]2O)cc1Cl. The maximum Gasteiger partial charge on any atom is 0.472 e. The zero-order valence-corrected chi connectivity index (χ0v) is 11.9. The fourth-order valence-corrected chi connectivity index (χ4v) is 3.33. The van der Waals surface area contributed by atoms with Crippen LogP contribution in [0.25, 0.3) is 0 Å². The third-order valence-electron chi connectivity index (χ3n) is 3.16.